The smallest absolute Gasteiger partial charge is 0.251 e. The van der Waals surface area contributed by atoms with Crippen LogP contribution in [0, 0.1) is 5.92 Å². The standard InChI is InChI=1S/C21H34N4O/c1-3-23-21(24-14-8-12-17-9-5-4-6-10-17)25-16-18-11-7-13-19(15-18)20(26)22-2/h7,11,13,15,17H,3-6,8-10,12,14,16H2,1-2H3,(H,22,26)(H2,23,24,25). The van der Waals surface area contributed by atoms with E-state index in [9.17, 15) is 4.79 Å². The molecule has 0 saturated heterocycles. The lowest BCUT2D eigenvalue weighted by Crippen LogP contribution is -2.37. The number of carbonyl (C=O) groups excluding carboxylic acids is 1. The van der Waals surface area contributed by atoms with Crippen molar-refractivity contribution in [2.75, 3.05) is 20.1 Å². The zero-order valence-corrected chi connectivity index (χ0v) is 16.3. The first-order valence-electron chi connectivity index (χ1n) is 10.1. The normalized spacial score (nSPS) is 15.5. The van der Waals surface area contributed by atoms with Gasteiger partial charge in [-0.25, -0.2) is 4.99 Å². The number of amides is 1. The summed E-state index contributed by atoms with van der Waals surface area (Å²) in [7, 11) is 1.65. The number of carbonyl (C=O) groups is 1. The molecule has 1 saturated carbocycles. The fourth-order valence-corrected chi connectivity index (χ4v) is 3.54. The van der Waals surface area contributed by atoms with Crippen LogP contribution >= 0.6 is 0 Å². The van der Waals surface area contributed by atoms with Crippen molar-refractivity contribution in [3.63, 3.8) is 0 Å². The molecule has 0 spiro atoms. The Hall–Kier alpha value is -2.04. The molecule has 0 radical (unpaired) electrons. The van der Waals surface area contributed by atoms with Crippen LogP contribution in [0.1, 0.15) is 67.8 Å². The van der Waals surface area contributed by atoms with Gasteiger partial charge in [0, 0.05) is 25.7 Å². The molecule has 1 aromatic rings. The summed E-state index contributed by atoms with van der Waals surface area (Å²) in [5.74, 6) is 1.71. The van der Waals surface area contributed by atoms with Gasteiger partial charge in [-0.3, -0.25) is 4.79 Å². The van der Waals surface area contributed by atoms with Crippen molar-refractivity contribution in [3.8, 4) is 0 Å². The number of benzene rings is 1. The molecular weight excluding hydrogens is 324 g/mol. The summed E-state index contributed by atoms with van der Waals surface area (Å²) in [6.45, 7) is 4.43. The zero-order valence-electron chi connectivity index (χ0n) is 16.3. The molecule has 0 aliphatic heterocycles. The van der Waals surface area contributed by atoms with Crippen LogP contribution in [0.2, 0.25) is 0 Å². The molecule has 0 aromatic heterocycles. The van der Waals surface area contributed by atoms with Gasteiger partial charge in [-0.05, 0) is 43.4 Å². The van der Waals surface area contributed by atoms with Gasteiger partial charge in [-0.15, -0.1) is 0 Å². The summed E-state index contributed by atoms with van der Waals surface area (Å²) in [6, 6.07) is 7.62. The van der Waals surface area contributed by atoms with E-state index >= 15 is 0 Å². The van der Waals surface area contributed by atoms with Gasteiger partial charge in [0.1, 0.15) is 0 Å². The average Bonchev–Trinajstić information content (AvgIpc) is 2.69. The first-order chi connectivity index (χ1) is 12.7. The number of hydrogen-bond donors (Lipinski definition) is 3. The molecule has 0 atom stereocenters. The molecule has 144 valence electrons. The molecular formula is C21H34N4O. The summed E-state index contributed by atoms with van der Waals surface area (Å²) >= 11 is 0. The van der Waals surface area contributed by atoms with E-state index in [0.717, 1.165) is 30.5 Å². The molecule has 2 rings (SSSR count). The second-order valence-corrected chi connectivity index (χ2v) is 7.05. The third-order valence-electron chi connectivity index (χ3n) is 4.99. The Kier molecular flexibility index (Phi) is 9.01. The molecule has 1 aliphatic rings. The van der Waals surface area contributed by atoms with Gasteiger partial charge in [0.25, 0.3) is 5.91 Å². The van der Waals surface area contributed by atoms with Crippen LogP contribution in [-0.4, -0.2) is 32.0 Å². The Balaban J connectivity index is 1.80. The monoisotopic (exact) mass is 358 g/mol. The van der Waals surface area contributed by atoms with Crippen LogP contribution in [0.15, 0.2) is 29.3 Å². The molecule has 0 bridgehead atoms. The van der Waals surface area contributed by atoms with Crippen molar-refractivity contribution in [1.82, 2.24) is 16.0 Å². The SMILES string of the molecule is CCNC(=NCc1cccc(C(=O)NC)c1)NCCCC1CCCCC1. The molecule has 1 aliphatic carbocycles. The predicted molar refractivity (Wildman–Crippen MR) is 108 cm³/mol. The van der Waals surface area contributed by atoms with Gasteiger partial charge in [-0.1, -0.05) is 44.2 Å². The number of guanidine groups is 1. The minimum Gasteiger partial charge on any atom is -0.357 e. The van der Waals surface area contributed by atoms with Gasteiger partial charge in [0.05, 0.1) is 6.54 Å². The maximum atomic E-state index is 11.7. The molecule has 3 N–H and O–H groups in total. The number of rotatable bonds is 8. The maximum absolute atomic E-state index is 11.7. The Labute approximate surface area is 158 Å². The molecule has 5 nitrogen and oxygen atoms in total. The second kappa shape index (κ2) is 11.6. The molecule has 1 amide bonds. The minimum absolute atomic E-state index is 0.0661. The van der Waals surface area contributed by atoms with E-state index in [1.165, 1.54) is 44.9 Å². The van der Waals surface area contributed by atoms with Crippen molar-refractivity contribution >= 4 is 11.9 Å². The maximum Gasteiger partial charge on any atom is 0.251 e. The average molecular weight is 359 g/mol. The van der Waals surface area contributed by atoms with Crippen LogP contribution in [0.4, 0.5) is 0 Å². The number of nitrogens with zero attached hydrogens (tertiary/aromatic N) is 1. The van der Waals surface area contributed by atoms with E-state index in [2.05, 4.69) is 27.9 Å². The topological polar surface area (TPSA) is 65.5 Å². The largest absolute Gasteiger partial charge is 0.357 e. The van der Waals surface area contributed by atoms with E-state index in [4.69, 9.17) is 0 Å². The highest BCUT2D eigenvalue weighted by Crippen LogP contribution is 2.26. The van der Waals surface area contributed by atoms with Crippen molar-refractivity contribution in [2.45, 2.75) is 58.4 Å². The van der Waals surface area contributed by atoms with Gasteiger partial charge < -0.3 is 16.0 Å². The van der Waals surface area contributed by atoms with Crippen LogP contribution in [-0.2, 0) is 6.54 Å². The lowest BCUT2D eigenvalue weighted by molar-refractivity contribution is 0.0963. The predicted octanol–water partition coefficient (Wildman–Crippen LogP) is 3.46. The summed E-state index contributed by atoms with van der Waals surface area (Å²) in [5.41, 5.74) is 1.70. The molecule has 0 heterocycles. The van der Waals surface area contributed by atoms with Crippen molar-refractivity contribution < 1.29 is 4.79 Å². The first kappa shape index (κ1) is 20.3. The molecule has 26 heavy (non-hydrogen) atoms. The van der Waals surface area contributed by atoms with E-state index in [1.54, 1.807) is 7.05 Å². The molecule has 1 aromatic carbocycles. The van der Waals surface area contributed by atoms with Gasteiger partial charge in [0.2, 0.25) is 0 Å². The highest BCUT2D eigenvalue weighted by atomic mass is 16.1. The highest BCUT2D eigenvalue weighted by molar-refractivity contribution is 5.94. The van der Waals surface area contributed by atoms with E-state index in [-0.39, 0.29) is 5.91 Å². The zero-order chi connectivity index (χ0) is 18.6. The van der Waals surface area contributed by atoms with Crippen LogP contribution < -0.4 is 16.0 Å². The van der Waals surface area contributed by atoms with Crippen molar-refractivity contribution in [1.29, 1.82) is 0 Å². The summed E-state index contributed by atoms with van der Waals surface area (Å²) in [6.07, 6.45) is 9.59. The van der Waals surface area contributed by atoms with E-state index < -0.39 is 0 Å². The van der Waals surface area contributed by atoms with Crippen LogP contribution in [0.25, 0.3) is 0 Å². The fraction of sp³-hybridized carbons (Fsp3) is 0.619. The number of nitrogens with one attached hydrogen (secondary N) is 3. The van der Waals surface area contributed by atoms with Gasteiger partial charge in [-0.2, -0.15) is 0 Å². The third kappa shape index (κ3) is 7.06. The molecule has 0 unspecified atom stereocenters. The summed E-state index contributed by atoms with van der Waals surface area (Å²) in [4.78, 5) is 16.4. The Morgan fingerprint density at radius 3 is 2.73 bits per heavy atom. The van der Waals surface area contributed by atoms with Crippen molar-refractivity contribution in [3.05, 3.63) is 35.4 Å². The van der Waals surface area contributed by atoms with Crippen molar-refractivity contribution in [2.24, 2.45) is 10.9 Å². The van der Waals surface area contributed by atoms with Gasteiger partial charge in [0.15, 0.2) is 5.96 Å². The molecule has 1 fully saturated rings. The Morgan fingerprint density at radius 2 is 2.00 bits per heavy atom. The quantitative estimate of drug-likeness (QED) is 0.379. The lowest BCUT2D eigenvalue weighted by Gasteiger charge is -2.21. The van der Waals surface area contributed by atoms with Crippen LogP contribution in [0.5, 0.6) is 0 Å². The second-order valence-electron chi connectivity index (χ2n) is 7.05. The minimum atomic E-state index is -0.0661. The number of aliphatic imine (C=N–C) groups is 1. The third-order valence-corrected chi connectivity index (χ3v) is 4.99. The van der Waals surface area contributed by atoms with E-state index in [0.29, 0.717) is 12.1 Å². The van der Waals surface area contributed by atoms with Crippen LogP contribution in [0.3, 0.4) is 0 Å². The lowest BCUT2D eigenvalue weighted by atomic mass is 9.86. The molecule has 5 heteroatoms. The first-order valence-corrected chi connectivity index (χ1v) is 10.1. The fourth-order valence-electron chi connectivity index (χ4n) is 3.54. The van der Waals surface area contributed by atoms with E-state index in [1.807, 2.05) is 24.3 Å². The highest BCUT2D eigenvalue weighted by Gasteiger charge is 2.12. The summed E-state index contributed by atoms with van der Waals surface area (Å²) < 4.78 is 0. The Morgan fingerprint density at radius 1 is 1.19 bits per heavy atom. The Bertz CT molecular complexity index is 579. The summed E-state index contributed by atoms with van der Waals surface area (Å²) in [5, 5.41) is 9.39. The number of hydrogen-bond acceptors (Lipinski definition) is 2. The van der Waals surface area contributed by atoms with Gasteiger partial charge >= 0.3 is 0 Å².